The van der Waals surface area contributed by atoms with Crippen molar-refractivity contribution in [2.45, 2.75) is 63.0 Å². The quantitative estimate of drug-likeness (QED) is 0.450. The molecule has 2 atom stereocenters. The highest BCUT2D eigenvalue weighted by molar-refractivity contribution is 7.82. The molecular weight excluding hydrogens is 314 g/mol. The molecule has 0 aromatic carbocycles. The van der Waals surface area contributed by atoms with Crippen LogP contribution in [0.1, 0.15) is 58.7 Å². The zero-order chi connectivity index (χ0) is 16.6. The molecule has 2 unspecified atom stereocenters. The molecule has 22 heavy (non-hydrogen) atoms. The van der Waals surface area contributed by atoms with E-state index in [-0.39, 0.29) is 5.25 Å². The first-order chi connectivity index (χ1) is 10.4. The summed E-state index contributed by atoms with van der Waals surface area (Å²) in [5.41, 5.74) is 6.25. The van der Waals surface area contributed by atoms with Crippen LogP contribution in [0.4, 0.5) is 5.95 Å². The minimum Gasteiger partial charge on any atom is -0.341 e. The SMILES string of the molecule is CCCCN(CCCC)c1ncnc(C(N)(S)CC(C)S)n1. The van der Waals surface area contributed by atoms with Crippen molar-refractivity contribution in [1.29, 1.82) is 0 Å². The smallest absolute Gasteiger partial charge is 0.228 e. The number of thiol groups is 2. The molecule has 0 spiro atoms. The Kier molecular flexibility index (Phi) is 8.49. The Bertz CT molecular complexity index is 432. The second-order valence-corrected chi connectivity index (χ2v) is 7.46. The highest BCUT2D eigenvalue weighted by Crippen LogP contribution is 2.27. The fourth-order valence-corrected chi connectivity index (χ4v) is 3.01. The van der Waals surface area contributed by atoms with Crippen LogP contribution in [0.25, 0.3) is 0 Å². The van der Waals surface area contributed by atoms with Crippen molar-refractivity contribution in [3.8, 4) is 0 Å². The second kappa shape index (κ2) is 9.57. The van der Waals surface area contributed by atoms with Crippen LogP contribution in [-0.4, -0.2) is 33.3 Å². The van der Waals surface area contributed by atoms with E-state index in [0.717, 1.165) is 38.8 Å². The average Bonchev–Trinajstić information content (AvgIpc) is 2.46. The van der Waals surface area contributed by atoms with Crippen molar-refractivity contribution in [3.05, 3.63) is 12.2 Å². The van der Waals surface area contributed by atoms with Crippen LogP contribution < -0.4 is 10.6 Å². The Morgan fingerprint density at radius 1 is 1.23 bits per heavy atom. The summed E-state index contributed by atoms with van der Waals surface area (Å²) < 4.78 is 0. The van der Waals surface area contributed by atoms with Gasteiger partial charge in [0.15, 0.2) is 5.82 Å². The standard InChI is InChI=1S/C15H29N5S2/c1-4-6-8-20(9-7-5-2)14-18-11-17-13(19-14)15(16,22)10-12(3)21/h11-12,21-22H,4-10,16H2,1-3H3. The summed E-state index contributed by atoms with van der Waals surface area (Å²) in [6, 6.07) is 0. The molecule has 0 saturated carbocycles. The molecule has 0 aliphatic carbocycles. The highest BCUT2D eigenvalue weighted by Gasteiger charge is 2.28. The van der Waals surface area contributed by atoms with Gasteiger partial charge in [-0.1, -0.05) is 33.6 Å². The van der Waals surface area contributed by atoms with Crippen LogP contribution in [0.3, 0.4) is 0 Å². The number of nitrogens with zero attached hydrogens (tertiary/aromatic N) is 4. The van der Waals surface area contributed by atoms with Crippen molar-refractivity contribution >= 4 is 31.2 Å². The number of rotatable bonds is 10. The van der Waals surface area contributed by atoms with Gasteiger partial charge in [0.2, 0.25) is 5.95 Å². The van der Waals surface area contributed by atoms with E-state index in [2.05, 4.69) is 59.0 Å². The van der Waals surface area contributed by atoms with E-state index in [1.165, 1.54) is 6.33 Å². The number of hydrogen-bond acceptors (Lipinski definition) is 7. The average molecular weight is 344 g/mol. The minimum absolute atomic E-state index is 0.124. The molecule has 0 radical (unpaired) electrons. The van der Waals surface area contributed by atoms with Gasteiger partial charge in [0.05, 0.1) is 0 Å². The fraction of sp³-hybridized carbons (Fsp3) is 0.800. The number of unbranched alkanes of at least 4 members (excludes halogenated alkanes) is 2. The molecule has 1 aromatic heterocycles. The third-order valence-electron chi connectivity index (χ3n) is 3.40. The van der Waals surface area contributed by atoms with Gasteiger partial charge in [-0.15, -0.1) is 12.6 Å². The summed E-state index contributed by atoms with van der Waals surface area (Å²) in [5.74, 6) is 1.21. The Hall–Kier alpha value is -0.530. The van der Waals surface area contributed by atoms with E-state index >= 15 is 0 Å². The molecule has 0 fully saturated rings. The molecule has 0 aliphatic heterocycles. The highest BCUT2D eigenvalue weighted by atomic mass is 32.1. The molecular formula is C15H29N5S2. The Morgan fingerprint density at radius 3 is 2.32 bits per heavy atom. The summed E-state index contributed by atoms with van der Waals surface area (Å²) in [6.45, 7) is 8.26. The van der Waals surface area contributed by atoms with Gasteiger partial charge in [-0.3, -0.25) is 0 Å². The third kappa shape index (κ3) is 6.30. The van der Waals surface area contributed by atoms with Gasteiger partial charge in [-0.25, -0.2) is 9.97 Å². The largest absolute Gasteiger partial charge is 0.341 e. The minimum atomic E-state index is -0.889. The first kappa shape index (κ1) is 19.5. The summed E-state index contributed by atoms with van der Waals surface area (Å²) >= 11 is 8.92. The molecule has 0 aliphatic rings. The summed E-state index contributed by atoms with van der Waals surface area (Å²) in [6.07, 6.45) is 6.65. The van der Waals surface area contributed by atoms with Crippen LogP contribution in [0.5, 0.6) is 0 Å². The predicted octanol–water partition coefficient (Wildman–Crippen LogP) is 3.03. The van der Waals surface area contributed by atoms with Crippen molar-refractivity contribution in [2.24, 2.45) is 5.73 Å². The van der Waals surface area contributed by atoms with Crippen LogP contribution in [-0.2, 0) is 4.87 Å². The molecule has 0 amide bonds. The molecule has 1 rings (SSSR count). The third-order valence-corrected chi connectivity index (χ3v) is 3.96. The zero-order valence-corrected chi connectivity index (χ0v) is 15.7. The van der Waals surface area contributed by atoms with E-state index in [4.69, 9.17) is 5.73 Å². The van der Waals surface area contributed by atoms with Gasteiger partial charge in [0, 0.05) is 18.3 Å². The van der Waals surface area contributed by atoms with Crippen molar-refractivity contribution in [1.82, 2.24) is 15.0 Å². The van der Waals surface area contributed by atoms with Crippen molar-refractivity contribution in [3.63, 3.8) is 0 Å². The summed E-state index contributed by atoms with van der Waals surface area (Å²) in [4.78, 5) is 14.5. The lowest BCUT2D eigenvalue weighted by atomic mass is 10.1. The number of hydrogen-bond donors (Lipinski definition) is 3. The predicted molar refractivity (Wildman–Crippen MR) is 99.8 cm³/mol. The molecule has 1 heterocycles. The molecule has 7 heteroatoms. The monoisotopic (exact) mass is 343 g/mol. The zero-order valence-electron chi connectivity index (χ0n) is 13.9. The Labute approximate surface area is 145 Å². The van der Waals surface area contributed by atoms with E-state index in [1.807, 2.05) is 6.92 Å². The normalized spacial score (nSPS) is 15.4. The molecule has 0 saturated heterocycles. The Balaban J connectivity index is 2.95. The number of anilines is 1. The first-order valence-corrected chi connectivity index (χ1v) is 9.00. The van der Waals surface area contributed by atoms with Crippen molar-refractivity contribution in [2.75, 3.05) is 18.0 Å². The van der Waals surface area contributed by atoms with Crippen LogP contribution in [0.15, 0.2) is 6.33 Å². The lowest BCUT2D eigenvalue weighted by Crippen LogP contribution is -2.36. The summed E-state index contributed by atoms with van der Waals surface area (Å²) in [7, 11) is 0. The lowest BCUT2D eigenvalue weighted by molar-refractivity contribution is 0.553. The molecule has 126 valence electrons. The van der Waals surface area contributed by atoms with Gasteiger partial charge >= 0.3 is 0 Å². The van der Waals surface area contributed by atoms with Gasteiger partial charge in [-0.2, -0.15) is 17.6 Å². The Morgan fingerprint density at radius 2 is 1.82 bits per heavy atom. The summed E-state index contributed by atoms with van der Waals surface area (Å²) in [5, 5.41) is 0.124. The van der Waals surface area contributed by atoms with Crippen LogP contribution in [0, 0.1) is 0 Å². The van der Waals surface area contributed by atoms with E-state index in [1.54, 1.807) is 0 Å². The number of nitrogens with two attached hydrogens (primary N) is 1. The maximum atomic E-state index is 6.25. The topological polar surface area (TPSA) is 67.9 Å². The molecule has 5 nitrogen and oxygen atoms in total. The van der Waals surface area contributed by atoms with Gasteiger partial charge < -0.3 is 10.6 Å². The molecule has 0 bridgehead atoms. The second-order valence-electron chi connectivity index (χ2n) is 5.78. The van der Waals surface area contributed by atoms with Gasteiger partial charge in [-0.05, 0) is 19.3 Å². The maximum absolute atomic E-state index is 6.25. The number of aromatic nitrogens is 3. The van der Waals surface area contributed by atoms with Crippen LogP contribution >= 0.6 is 25.3 Å². The van der Waals surface area contributed by atoms with Gasteiger partial charge in [0.25, 0.3) is 0 Å². The maximum Gasteiger partial charge on any atom is 0.228 e. The molecule has 2 N–H and O–H groups in total. The van der Waals surface area contributed by atoms with E-state index < -0.39 is 4.87 Å². The van der Waals surface area contributed by atoms with Crippen LogP contribution in [0.2, 0.25) is 0 Å². The first-order valence-electron chi connectivity index (χ1n) is 8.04. The van der Waals surface area contributed by atoms with E-state index in [9.17, 15) is 0 Å². The van der Waals surface area contributed by atoms with E-state index in [0.29, 0.717) is 18.2 Å². The fourth-order valence-electron chi connectivity index (χ4n) is 2.20. The van der Waals surface area contributed by atoms with Crippen molar-refractivity contribution < 1.29 is 0 Å². The lowest BCUT2D eigenvalue weighted by Gasteiger charge is -2.26. The van der Waals surface area contributed by atoms with Gasteiger partial charge in [0.1, 0.15) is 11.2 Å². The molecule has 1 aromatic rings.